The molecular weight excluding hydrogens is 366 g/mol. The van der Waals surface area contributed by atoms with E-state index in [0.717, 1.165) is 35.3 Å². The summed E-state index contributed by atoms with van der Waals surface area (Å²) in [5.41, 5.74) is 2.21. The van der Waals surface area contributed by atoms with Crippen molar-refractivity contribution in [2.24, 2.45) is 5.92 Å². The predicted molar refractivity (Wildman–Crippen MR) is 105 cm³/mol. The van der Waals surface area contributed by atoms with Crippen LogP contribution in [0.1, 0.15) is 61.8 Å². The summed E-state index contributed by atoms with van der Waals surface area (Å²) in [5.74, 6) is -0.924. The van der Waals surface area contributed by atoms with E-state index in [-0.39, 0.29) is 6.10 Å². The fraction of sp³-hybridized carbons (Fsp3) is 0.550. The van der Waals surface area contributed by atoms with E-state index in [1.807, 2.05) is 0 Å². The van der Waals surface area contributed by atoms with E-state index in [1.165, 1.54) is 17.4 Å². The van der Waals surface area contributed by atoms with E-state index in [2.05, 4.69) is 12.2 Å². The smallest absolute Gasteiger partial charge is 0.341 e. The Bertz CT molecular complexity index is 759. The van der Waals surface area contributed by atoms with E-state index in [0.29, 0.717) is 16.5 Å². The Balaban J connectivity index is 2.17. The fourth-order valence-electron chi connectivity index (χ4n) is 2.90. The monoisotopic (exact) mass is 393 g/mol. The molecule has 1 N–H and O–H groups in total. The maximum absolute atomic E-state index is 12.6. The molecule has 0 saturated carbocycles. The molecule has 0 aromatic carbocycles. The zero-order chi connectivity index (χ0) is 20.1. The van der Waals surface area contributed by atoms with Gasteiger partial charge in [0.15, 0.2) is 6.61 Å². The Morgan fingerprint density at radius 1 is 1.30 bits per heavy atom. The first-order valence-electron chi connectivity index (χ1n) is 9.14. The summed E-state index contributed by atoms with van der Waals surface area (Å²) in [6, 6.07) is 0. The third-order valence-corrected chi connectivity index (χ3v) is 5.23. The van der Waals surface area contributed by atoms with Gasteiger partial charge in [0.05, 0.1) is 11.7 Å². The zero-order valence-electron chi connectivity index (χ0n) is 16.5. The highest BCUT2D eigenvalue weighted by atomic mass is 32.1. The van der Waals surface area contributed by atoms with Crippen LogP contribution >= 0.6 is 11.3 Å². The van der Waals surface area contributed by atoms with Crippen molar-refractivity contribution in [3.63, 3.8) is 0 Å². The van der Waals surface area contributed by atoms with Crippen LogP contribution in [0.4, 0.5) is 5.00 Å². The molecule has 0 radical (unpaired) electrons. The lowest BCUT2D eigenvalue weighted by Gasteiger charge is -2.18. The first-order valence-corrected chi connectivity index (χ1v) is 9.96. The zero-order valence-corrected chi connectivity index (χ0v) is 17.3. The standard InChI is InChI=1S/C20H27NO5S/c1-11(2)8-17(23)25-10-16(22)21-19-18(20(24)26-12(3)4)14-7-6-13(5)9-15(14)27-19/h8,12-13H,6-7,9-10H2,1-5H3,(H,21,22). The molecular formula is C20H27NO5S. The van der Waals surface area contributed by atoms with Crippen LogP contribution in [0.5, 0.6) is 0 Å². The van der Waals surface area contributed by atoms with Crippen LogP contribution in [0.25, 0.3) is 0 Å². The van der Waals surface area contributed by atoms with E-state index in [9.17, 15) is 14.4 Å². The van der Waals surface area contributed by atoms with Crippen molar-refractivity contribution in [3.8, 4) is 0 Å². The summed E-state index contributed by atoms with van der Waals surface area (Å²) in [6.07, 6.45) is 3.75. The Morgan fingerprint density at radius 3 is 2.63 bits per heavy atom. The quantitative estimate of drug-likeness (QED) is 0.586. The first-order chi connectivity index (χ1) is 12.7. The number of thiophene rings is 1. The number of carbonyl (C=O) groups excluding carboxylic acids is 3. The SMILES string of the molecule is CC(C)=CC(=O)OCC(=O)Nc1sc2c(c1C(=O)OC(C)C)CCC(C)C2. The number of anilines is 1. The number of esters is 2. The van der Waals surface area contributed by atoms with E-state index in [1.54, 1.807) is 27.7 Å². The lowest BCUT2D eigenvalue weighted by molar-refractivity contribution is -0.142. The summed E-state index contributed by atoms with van der Waals surface area (Å²) in [6.45, 7) is 8.89. The van der Waals surface area contributed by atoms with E-state index >= 15 is 0 Å². The summed E-state index contributed by atoms with van der Waals surface area (Å²) in [7, 11) is 0. The van der Waals surface area contributed by atoms with Crippen molar-refractivity contribution >= 4 is 34.2 Å². The number of hydrogen-bond acceptors (Lipinski definition) is 6. The topological polar surface area (TPSA) is 81.7 Å². The van der Waals surface area contributed by atoms with Gasteiger partial charge in [0, 0.05) is 11.0 Å². The molecule has 1 heterocycles. The second-order valence-corrected chi connectivity index (χ2v) is 8.49. The molecule has 148 valence electrons. The van der Waals surface area contributed by atoms with Crippen molar-refractivity contribution in [2.45, 2.75) is 60.0 Å². The lowest BCUT2D eigenvalue weighted by Crippen LogP contribution is -2.22. The minimum atomic E-state index is -0.566. The van der Waals surface area contributed by atoms with Gasteiger partial charge in [0.1, 0.15) is 5.00 Å². The van der Waals surface area contributed by atoms with Crippen LogP contribution in [0.3, 0.4) is 0 Å². The number of ether oxygens (including phenoxy) is 2. The van der Waals surface area contributed by atoms with Gasteiger partial charge >= 0.3 is 11.9 Å². The highest BCUT2D eigenvalue weighted by molar-refractivity contribution is 7.17. The maximum Gasteiger partial charge on any atom is 0.341 e. The Labute approximate surface area is 163 Å². The molecule has 1 aromatic heterocycles. The van der Waals surface area contributed by atoms with Crippen LogP contribution in [-0.2, 0) is 31.9 Å². The van der Waals surface area contributed by atoms with Gasteiger partial charge in [-0.3, -0.25) is 4.79 Å². The number of carbonyl (C=O) groups is 3. The average molecular weight is 394 g/mol. The van der Waals surface area contributed by atoms with Crippen LogP contribution in [0, 0.1) is 5.92 Å². The second-order valence-electron chi connectivity index (χ2n) is 7.39. The number of amides is 1. The van der Waals surface area contributed by atoms with Gasteiger partial charge in [-0.2, -0.15) is 0 Å². The molecule has 7 heteroatoms. The largest absolute Gasteiger partial charge is 0.459 e. The molecule has 0 fully saturated rings. The average Bonchev–Trinajstić information content (AvgIpc) is 2.88. The molecule has 0 saturated heterocycles. The van der Waals surface area contributed by atoms with Gasteiger partial charge < -0.3 is 14.8 Å². The summed E-state index contributed by atoms with van der Waals surface area (Å²) < 4.78 is 10.3. The molecule has 0 aliphatic heterocycles. The fourth-order valence-corrected chi connectivity index (χ4v) is 4.32. The van der Waals surface area contributed by atoms with Crippen LogP contribution in [0.2, 0.25) is 0 Å². The van der Waals surface area contributed by atoms with Crippen LogP contribution in [0.15, 0.2) is 11.6 Å². The van der Waals surface area contributed by atoms with Crippen LogP contribution < -0.4 is 5.32 Å². The maximum atomic E-state index is 12.6. The molecule has 6 nitrogen and oxygen atoms in total. The summed E-state index contributed by atoms with van der Waals surface area (Å²) in [4.78, 5) is 37.5. The van der Waals surface area contributed by atoms with Gasteiger partial charge in [-0.05, 0) is 58.4 Å². The molecule has 0 bridgehead atoms. The Morgan fingerprint density at radius 2 is 2.00 bits per heavy atom. The van der Waals surface area contributed by atoms with Crippen molar-refractivity contribution in [1.29, 1.82) is 0 Å². The van der Waals surface area contributed by atoms with E-state index in [4.69, 9.17) is 9.47 Å². The molecule has 27 heavy (non-hydrogen) atoms. The van der Waals surface area contributed by atoms with Gasteiger partial charge in [0.25, 0.3) is 5.91 Å². The predicted octanol–water partition coefficient (Wildman–Crippen LogP) is 3.89. The second kappa shape index (κ2) is 9.17. The van der Waals surface area contributed by atoms with Crippen molar-refractivity contribution < 1.29 is 23.9 Å². The highest BCUT2D eigenvalue weighted by Crippen LogP contribution is 2.40. The first kappa shape index (κ1) is 21.2. The molecule has 1 atom stereocenters. The number of fused-ring (bicyclic) bond motifs is 1. The number of rotatable bonds is 6. The summed E-state index contributed by atoms with van der Waals surface area (Å²) >= 11 is 1.41. The van der Waals surface area contributed by atoms with E-state index < -0.39 is 24.5 Å². The van der Waals surface area contributed by atoms with Crippen LogP contribution in [-0.4, -0.2) is 30.6 Å². The Hall–Kier alpha value is -2.15. The number of allylic oxidation sites excluding steroid dienone is 1. The normalized spacial score (nSPS) is 15.7. The molecule has 1 amide bonds. The number of hydrogen-bond donors (Lipinski definition) is 1. The van der Waals surface area contributed by atoms with Crippen molar-refractivity contribution in [1.82, 2.24) is 0 Å². The summed E-state index contributed by atoms with van der Waals surface area (Å²) in [5, 5.41) is 3.20. The van der Waals surface area contributed by atoms with Gasteiger partial charge in [-0.15, -0.1) is 11.3 Å². The third kappa shape index (κ3) is 5.92. The molecule has 1 aromatic rings. The highest BCUT2D eigenvalue weighted by Gasteiger charge is 2.29. The minimum absolute atomic E-state index is 0.246. The Kier molecular flexibility index (Phi) is 7.18. The molecule has 1 unspecified atom stereocenters. The third-order valence-electron chi connectivity index (χ3n) is 4.06. The molecule has 1 aliphatic carbocycles. The minimum Gasteiger partial charge on any atom is -0.459 e. The van der Waals surface area contributed by atoms with Crippen molar-refractivity contribution in [3.05, 3.63) is 27.7 Å². The lowest BCUT2D eigenvalue weighted by atomic mass is 9.88. The molecule has 2 rings (SSSR count). The van der Waals surface area contributed by atoms with Gasteiger partial charge in [0.2, 0.25) is 0 Å². The van der Waals surface area contributed by atoms with Gasteiger partial charge in [-0.1, -0.05) is 12.5 Å². The molecule has 0 spiro atoms. The van der Waals surface area contributed by atoms with Gasteiger partial charge in [-0.25, -0.2) is 9.59 Å². The van der Waals surface area contributed by atoms with Crippen molar-refractivity contribution in [2.75, 3.05) is 11.9 Å². The molecule has 1 aliphatic rings. The number of nitrogens with one attached hydrogen (secondary N) is 1.